The lowest BCUT2D eigenvalue weighted by Gasteiger charge is -2.10. The molecular weight excluding hydrogens is 438 g/mol. The van der Waals surface area contributed by atoms with E-state index in [-0.39, 0.29) is 0 Å². The van der Waals surface area contributed by atoms with Crippen LogP contribution in [0.1, 0.15) is 35.5 Å². The quantitative estimate of drug-likeness (QED) is 0.260. The molecule has 0 aliphatic carbocycles. The van der Waals surface area contributed by atoms with E-state index in [1.165, 1.54) is 5.56 Å². The number of fused-ring (bicyclic) bond motifs is 1. The average Bonchev–Trinajstić information content (AvgIpc) is 3.43. The molecule has 0 fully saturated rings. The molecule has 176 valence electrons. The van der Waals surface area contributed by atoms with Gasteiger partial charge in [0.25, 0.3) is 0 Å². The molecule has 1 N–H and O–H groups in total. The number of H-pyrrole nitrogens is 1. The molecule has 0 aliphatic rings. The Labute approximate surface area is 204 Å². The van der Waals surface area contributed by atoms with Crippen LogP contribution in [0.3, 0.4) is 0 Å². The number of benzene rings is 3. The van der Waals surface area contributed by atoms with Crippen LogP contribution in [0.25, 0.3) is 10.9 Å². The monoisotopic (exact) mass is 465 g/mol. The van der Waals surface area contributed by atoms with Crippen molar-refractivity contribution in [1.29, 1.82) is 0 Å². The van der Waals surface area contributed by atoms with E-state index in [1.807, 2.05) is 60.7 Å². The van der Waals surface area contributed by atoms with Gasteiger partial charge in [0.05, 0.1) is 11.2 Å². The van der Waals surface area contributed by atoms with E-state index in [9.17, 15) is 0 Å². The van der Waals surface area contributed by atoms with Crippen LogP contribution in [0.15, 0.2) is 84.9 Å². The van der Waals surface area contributed by atoms with Crippen molar-refractivity contribution in [3.05, 3.63) is 108 Å². The molecule has 2 aromatic heterocycles. The van der Waals surface area contributed by atoms with Crippen LogP contribution < -0.4 is 9.47 Å². The maximum absolute atomic E-state index is 5.99. The highest BCUT2D eigenvalue weighted by Crippen LogP contribution is 2.20. The number of rotatable bonds is 11. The van der Waals surface area contributed by atoms with E-state index in [1.54, 1.807) is 0 Å². The number of tetrazole rings is 1. The second-order valence-electron chi connectivity index (χ2n) is 8.40. The SMILES string of the molecule is c1cc(COc2ccc(CCCCc3nn[nH]n3)cc2)cc(OCc2ccc3ccccc3n2)c1. The molecule has 0 atom stereocenters. The average molecular weight is 466 g/mol. The molecule has 7 nitrogen and oxygen atoms in total. The van der Waals surface area contributed by atoms with Crippen LogP contribution in [-0.2, 0) is 26.1 Å². The normalized spacial score (nSPS) is 11.0. The van der Waals surface area contributed by atoms with Gasteiger partial charge in [-0.2, -0.15) is 5.21 Å². The van der Waals surface area contributed by atoms with Crippen molar-refractivity contribution in [1.82, 2.24) is 25.6 Å². The number of aryl methyl sites for hydroxylation is 2. The summed E-state index contributed by atoms with van der Waals surface area (Å²) in [5.74, 6) is 2.43. The highest BCUT2D eigenvalue weighted by molar-refractivity contribution is 5.78. The number of hydrogen-bond donors (Lipinski definition) is 1. The van der Waals surface area contributed by atoms with Gasteiger partial charge in [0.15, 0.2) is 5.82 Å². The van der Waals surface area contributed by atoms with E-state index >= 15 is 0 Å². The van der Waals surface area contributed by atoms with E-state index in [0.717, 1.165) is 65.2 Å². The summed E-state index contributed by atoms with van der Waals surface area (Å²) in [6.45, 7) is 0.904. The third-order valence-corrected chi connectivity index (χ3v) is 5.78. The van der Waals surface area contributed by atoms with Crippen molar-refractivity contribution in [3.8, 4) is 11.5 Å². The minimum atomic E-state index is 0.422. The van der Waals surface area contributed by atoms with Gasteiger partial charge in [0.2, 0.25) is 0 Å². The summed E-state index contributed by atoms with van der Waals surface area (Å²) in [6.07, 6.45) is 3.98. The second-order valence-corrected chi connectivity index (χ2v) is 8.40. The number of aromatic amines is 1. The Morgan fingerprint density at radius 1 is 0.686 bits per heavy atom. The molecule has 0 spiro atoms. The molecule has 2 heterocycles. The largest absolute Gasteiger partial charge is 0.489 e. The Morgan fingerprint density at radius 3 is 2.43 bits per heavy atom. The van der Waals surface area contributed by atoms with Crippen LogP contribution >= 0.6 is 0 Å². The van der Waals surface area contributed by atoms with E-state index in [4.69, 9.17) is 9.47 Å². The molecule has 3 aromatic carbocycles. The van der Waals surface area contributed by atoms with Crippen molar-refractivity contribution in [2.45, 2.75) is 38.9 Å². The number of nitrogens with one attached hydrogen (secondary N) is 1. The molecule has 0 amide bonds. The van der Waals surface area contributed by atoms with Gasteiger partial charge in [-0.05, 0) is 66.8 Å². The van der Waals surface area contributed by atoms with Gasteiger partial charge in [-0.1, -0.05) is 53.7 Å². The molecule has 7 heteroatoms. The molecular formula is C28H27N5O2. The predicted octanol–water partition coefficient (Wildman–Crippen LogP) is 5.47. The topological polar surface area (TPSA) is 85.8 Å². The highest BCUT2D eigenvalue weighted by Gasteiger charge is 2.03. The van der Waals surface area contributed by atoms with Crippen molar-refractivity contribution in [2.24, 2.45) is 0 Å². The van der Waals surface area contributed by atoms with Crippen LogP contribution in [0, 0.1) is 0 Å². The lowest BCUT2D eigenvalue weighted by Crippen LogP contribution is -2.00. The molecule has 5 aromatic rings. The number of para-hydroxylation sites is 1. The smallest absolute Gasteiger partial charge is 0.174 e. The third-order valence-electron chi connectivity index (χ3n) is 5.78. The fourth-order valence-corrected chi connectivity index (χ4v) is 3.89. The fourth-order valence-electron chi connectivity index (χ4n) is 3.89. The van der Waals surface area contributed by atoms with Crippen LogP contribution in [0.4, 0.5) is 0 Å². The van der Waals surface area contributed by atoms with E-state index in [0.29, 0.717) is 13.2 Å². The first-order valence-corrected chi connectivity index (χ1v) is 11.8. The Bertz CT molecular complexity index is 1350. The Kier molecular flexibility index (Phi) is 7.24. The molecule has 0 aliphatic heterocycles. The predicted molar refractivity (Wildman–Crippen MR) is 134 cm³/mol. The van der Waals surface area contributed by atoms with Crippen molar-refractivity contribution >= 4 is 10.9 Å². The van der Waals surface area contributed by atoms with E-state index < -0.39 is 0 Å². The van der Waals surface area contributed by atoms with Gasteiger partial charge >= 0.3 is 0 Å². The second kappa shape index (κ2) is 11.2. The van der Waals surface area contributed by atoms with Crippen LogP contribution in [0.5, 0.6) is 11.5 Å². The first kappa shape index (κ1) is 22.5. The molecule has 0 saturated carbocycles. The van der Waals surface area contributed by atoms with Gasteiger partial charge in [0.1, 0.15) is 24.7 Å². The first-order valence-electron chi connectivity index (χ1n) is 11.8. The van der Waals surface area contributed by atoms with Crippen LogP contribution in [0.2, 0.25) is 0 Å². The summed E-state index contributed by atoms with van der Waals surface area (Å²) in [5.41, 5.74) is 4.23. The van der Waals surface area contributed by atoms with Gasteiger partial charge in [-0.25, -0.2) is 4.98 Å². The zero-order valence-corrected chi connectivity index (χ0v) is 19.4. The molecule has 0 saturated heterocycles. The minimum absolute atomic E-state index is 0.422. The molecule has 5 rings (SSSR count). The van der Waals surface area contributed by atoms with Gasteiger partial charge < -0.3 is 9.47 Å². The molecule has 0 unspecified atom stereocenters. The summed E-state index contributed by atoms with van der Waals surface area (Å²) in [6, 6.07) is 28.5. The van der Waals surface area contributed by atoms with Gasteiger partial charge in [-0.3, -0.25) is 0 Å². The van der Waals surface area contributed by atoms with E-state index in [2.05, 4.69) is 49.9 Å². The first-order chi connectivity index (χ1) is 17.3. The van der Waals surface area contributed by atoms with Crippen LogP contribution in [-0.4, -0.2) is 25.6 Å². The summed E-state index contributed by atoms with van der Waals surface area (Å²) in [5, 5.41) is 15.2. The standard InChI is InChI=1S/C28H27N5O2/c1(4-11-28-30-32-33-31-28)6-21-12-16-25(17-13-21)34-19-22-7-5-9-26(18-22)35-20-24-15-14-23-8-2-3-10-27(23)29-24/h2-3,5,7-10,12-18H,1,4,6,11,19-20H2,(H,30,31,32,33). The maximum Gasteiger partial charge on any atom is 0.174 e. The Morgan fingerprint density at radius 2 is 1.54 bits per heavy atom. The fraction of sp³-hybridized carbons (Fsp3) is 0.214. The van der Waals surface area contributed by atoms with Gasteiger partial charge in [0, 0.05) is 11.8 Å². The number of nitrogens with zero attached hydrogens (tertiary/aromatic N) is 4. The number of unbranched alkanes of at least 4 members (excludes halogenated alkanes) is 1. The maximum atomic E-state index is 5.99. The molecule has 0 radical (unpaired) electrons. The number of hydrogen-bond acceptors (Lipinski definition) is 6. The summed E-state index contributed by atoms with van der Waals surface area (Å²) < 4.78 is 12.0. The third kappa shape index (κ3) is 6.41. The number of aromatic nitrogens is 5. The Balaban J connectivity index is 1.08. The lowest BCUT2D eigenvalue weighted by molar-refractivity contribution is 0.293. The lowest BCUT2D eigenvalue weighted by atomic mass is 10.1. The summed E-state index contributed by atoms with van der Waals surface area (Å²) >= 11 is 0. The van der Waals surface area contributed by atoms with Crippen molar-refractivity contribution in [2.75, 3.05) is 0 Å². The zero-order valence-electron chi connectivity index (χ0n) is 19.4. The minimum Gasteiger partial charge on any atom is -0.489 e. The summed E-state index contributed by atoms with van der Waals surface area (Å²) in [4.78, 5) is 4.67. The van der Waals surface area contributed by atoms with Crippen molar-refractivity contribution < 1.29 is 9.47 Å². The zero-order chi connectivity index (χ0) is 23.7. The highest BCUT2D eigenvalue weighted by atomic mass is 16.5. The number of ether oxygens (including phenoxy) is 2. The molecule has 0 bridgehead atoms. The Hall–Kier alpha value is -4.26. The van der Waals surface area contributed by atoms with Crippen molar-refractivity contribution in [3.63, 3.8) is 0 Å². The number of pyridine rings is 1. The summed E-state index contributed by atoms with van der Waals surface area (Å²) in [7, 11) is 0. The molecule has 35 heavy (non-hydrogen) atoms. The van der Waals surface area contributed by atoms with Gasteiger partial charge in [-0.15, -0.1) is 10.2 Å².